The van der Waals surface area contributed by atoms with Gasteiger partial charge in [-0.2, -0.15) is 13.2 Å². The average molecular weight is 407 g/mol. The largest absolute Gasteiger partial charge is 0.460 e. The standard InChI is InChI=1S/C21H24F3N3O2/c1-2-29-20(28)19-25-13-17(14-9-11-15(12-10-14)21(22,23)24)18(27-19)26-16-7-5-3-4-6-8-16/h9-13,16H,2-8H2,1H3,(H,25,26,27). The predicted octanol–water partition coefficient (Wildman–Crippen LogP) is 5.47. The van der Waals surface area contributed by atoms with E-state index < -0.39 is 17.7 Å². The summed E-state index contributed by atoms with van der Waals surface area (Å²) in [7, 11) is 0. The third-order valence-corrected chi connectivity index (χ3v) is 4.97. The van der Waals surface area contributed by atoms with Crippen LogP contribution in [0.25, 0.3) is 11.1 Å². The Kier molecular flexibility index (Phi) is 6.71. The maximum Gasteiger partial charge on any atom is 0.416 e. The van der Waals surface area contributed by atoms with Gasteiger partial charge in [-0.05, 0) is 37.5 Å². The van der Waals surface area contributed by atoms with Gasteiger partial charge >= 0.3 is 12.1 Å². The van der Waals surface area contributed by atoms with Crippen molar-refractivity contribution < 1.29 is 22.7 Å². The molecule has 0 bridgehead atoms. The number of carbonyl (C=O) groups is 1. The summed E-state index contributed by atoms with van der Waals surface area (Å²) in [6.07, 6.45) is 3.58. The number of benzene rings is 1. The zero-order valence-electron chi connectivity index (χ0n) is 16.3. The summed E-state index contributed by atoms with van der Waals surface area (Å²) >= 11 is 0. The van der Waals surface area contributed by atoms with E-state index in [9.17, 15) is 18.0 Å². The molecule has 1 aliphatic rings. The van der Waals surface area contributed by atoms with Crippen molar-refractivity contribution in [3.63, 3.8) is 0 Å². The summed E-state index contributed by atoms with van der Waals surface area (Å²) in [6, 6.07) is 5.04. The normalized spacial score (nSPS) is 15.6. The Balaban J connectivity index is 1.94. The second-order valence-corrected chi connectivity index (χ2v) is 7.08. The monoisotopic (exact) mass is 407 g/mol. The van der Waals surface area contributed by atoms with Crippen molar-refractivity contribution in [3.05, 3.63) is 41.9 Å². The van der Waals surface area contributed by atoms with Crippen LogP contribution in [0.1, 0.15) is 61.6 Å². The van der Waals surface area contributed by atoms with E-state index in [4.69, 9.17) is 4.74 Å². The molecular weight excluding hydrogens is 383 g/mol. The number of rotatable bonds is 5. The lowest BCUT2D eigenvalue weighted by molar-refractivity contribution is -0.137. The Hall–Kier alpha value is -2.64. The third kappa shape index (κ3) is 5.46. The number of halogens is 3. The lowest BCUT2D eigenvalue weighted by atomic mass is 10.0. The molecule has 5 nitrogen and oxygen atoms in total. The van der Waals surface area contributed by atoms with Crippen LogP contribution in [-0.2, 0) is 10.9 Å². The number of hydrogen-bond acceptors (Lipinski definition) is 5. The van der Waals surface area contributed by atoms with Gasteiger partial charge < -0.3 is 10.1 Å². The fourth-order valence-corrected chi connectivity index (χ4v) is 3.45. The Morgan fingerprint density at radius 2 is 1.79 bits per heavy atom. The summed E-state index contributed by atoms with van der Waals surface area (Å²) < 4.78 is 43.6. The minimum atomic E-state index is -4.40. The van der Waals surface area contributed by atoms with Crippen LogP contribution >= 0.6 is 0 Å². The van der Waals surface area contributed by atoms with Crippen LogP contribution in [0.15, 0.2) is 30.5 Å². The van der Waals surface area contributed by atoms with Crippen molar-refractivity contribution in [3.8, 4) is 11.1 Å². The van der Waals surface area contributed by atoms with Crippen LogP contribution < -0.4 is 5.32 Å². The first-order chi connectivity index (χ1) is 13.9. The number of anilines is 1. The molecule has 0 amide bonds. The van der Waals surface area contributed by atoms with Crippen molar-refractivity contribution in [2.45, 2.75) is 57.7 Å². The summed E-state index contributed by atoms with van der Waals surface area (Å²) in [5.41, 5.74) is 0.379. The van der Waals surface area contributed by atoms with Crippen LogP contribution in [-0.4, -0.2) is 28.6 Å². The number of aromatic nitrogens is 2. The number of alkyl halides is 3. The molecule has 0 unspecified atom stereocenters. The van der Waals surface area contributed by atoms with Crippen LogP contribution in [0.4, 0.5) is 19.0 Å². The summed E-state index contributed by atoms with van der Waals surface area (Å²) in [5, 5.41) is 3.39. The van der Waals surface area contributed by atoms with Gasteiger partial charge in [-0.1, -0.05) is 37.8 Å². The maximum absolute atomic E-state index is 12.9. The van der Waals surface area contributed by atoms with Gasteiger partial charge in [-0.3, -0.25) is 0 Å². The molecular formula is C21H24F3N3O2. The van der Waals surface area contributed by atoms with Crippen molar-refractivity contribution in [2.24, 2.45) is 0 Å². The molecule has 156 valence electrons. The molecule has 0 aliphatic heterocycles. The molecule has 2 aromatic rings. The topological polar surface area (TPSA) is 64.1 Å². The number of nitrogens with zero attached hydrogens (tertiary/aromatic N) is 2. The molecule has 0 radical (unpaired) electrons. The van der Waals surface area contributed by atoms with Crippen LogP contribution in [0, 0.1) is 0 Å². The molecule has 1 fully saturated rings. The highest BCUT2D eigenvalue weighted by Crippen LogP contribution is 2.33. The van der Waals surface area contributed by atoms with Crippen LogP contribution in [0.5, 0.6) is 0 Å². The van der Waals surface area contributed by atoms with Crippen molar-refractivity contribution in [1.82, 2.24) is 9.97 Å². The van der Waals surface area contributed by atoms with Gasteiger partial charge in [0.2, 0.25) is 5.82 Å². The molecule has 3 rings (SSSR count). The van der Waals surface area contributed by atoms with Gasteiger partial charge in [0.05, 0.1) is 12.2 Å². The van der Waals surface area contributed by atoms with Gasteiger partial charge in [-0.25, -0.2) is 14.8 Å². The molecule has 0 spiro atoms. The summed E-state index contributed by atoms with van der Waals surface area (Å²) in [5.74, 6) is -0.260. The molecule has 1 aromatic carbocycles. The first kappa shape index (κ1) is 21.1. The van der Waals surface area contributed by atoms with Gasteiger partial charge in [0.1, 0.15) is 5.82 Å². The van der Waals surface area contributed by atoms with Gasteiger partial charge in [-0.15, -0.1) is 0 Å². The fraction of sp³-hybridized carbons (Fsp3) is 0.476. The highest BCUT2D eigenvalue weighted by atomic mass is 19.4. The highest BCUT2D eigenvalue weighted by Gasteiger charge is 2.30. The quantitative estimate of drug-likeness (QED) is 0.526. The minimum Gasteiger partial charge on any atom is -0.460 e. The number of esters is 1. The fourth-order valence-electron chi connectivity index (χ4n) is 3.45. The summed E-state index contributed by atoms with van der Waals surface area (Å²) in [4.78, 5) is 20.5. The minimum absolute atomic E-state index is 0.0707. The number of nitrogens with one attached hydrogen (secondary N) is 1. The molecule has 0 atom stereocenters. The summed E-state index contributed by atoms with van der Waals surface area (Å²) in [6.45, 7) is 1.90. The lowest BCUT2D eigenvalue weighted by Gasteiger charge is -2.20. The van der Waals surface area contributed by atoms with E-state index in [-0.39, 0.29) is 18.5 Å². The zero-order valence-corrected chi connectivity index (χ0v) is 16.3. The number of ether oxygens (including phenoxy) is 1. The van der Waals surface area contributed by atoms with Gasteiger partial charge in [0, 0.05) is 17.8 Å². The van der Waals surface area contributed by atoms with Crippen molar-refractivity contribution >= 4 is 11.8 Å². The number of hydrogen-bond donors (Lipinski definition) is 1. The van der Waals surface area contributed by atoms with Crippen LogP contribution in [0.3, 0.4) is 0 Å². The molecule has 29 heavy (non-hydrogen) atoms. The molecule has 1 aromatic heterocycles. The highest BCUT2D eigenvalue weighted by molar-refractivity contribution is 5.87. The smallest absolute Gasteiger partial charge is 0.416 e. The van der Waals surface area contributed by atoms with Crippen LogP contribution in [0.2, 0.25) is 0 Å². The second kappa shape index (κ2) is 9.24. The van der Waals surface area contributed by atoms with E-state index in [1.807, 2.05) is 0 Å². The molecule has 1 aliphatic carbocycles. The average Bonchev–Trinajstić information content (AvgIpc) is 2.96. The molecule has 1 heterocycles. The number of carbonyl (C=O) groups excluding carboxylic acids is 1. The molecule has 1 N–H and O–H groups in total. The van der Waals surface area contributed by atoms with E-state index in [1.165, 1.54) is 31.2 Å². The lowest BCUT2D eigenvalue weighted by Crippen LogP contribution is -2.21. The van der Waals surface area contributed by atoms with Gasteiger partial charge in [0.15, 0.2) is 0 Å². The zero-order chi connectivity index (χ0) is 20.9. The van der Waals surface area contributed by atoms with E-state index >= 15 is 0 Å². The first-order valence-corrected chi connectivity index (χ1v) is 9.87. The van der Waals surface area contributed by atoms with Gasteiger partial charge in [0.25, 0.3) is 0 Å². The Morgan fingerprint density at radius 1 is 1.14 bits per heavy atom. The second-order valence-electron chi connectivity index (χ2n) is 7.08. The molecule has 1 saturated carbocycles. The molecule has 0 saturated heterocycles. The predicted molar refractivity (Wildman–Crippen MR) is 104 cm³/mol. The third-order valence-electron chi connectivity index (χ3n) is 4.97. The van der Waals surface area contributed by atoms with E-state index in [2.05, 4.69) is 15.3 Å². The van der Waals surface area contributed by atoms with E-state index in [0.717, 1.165) is 37.8 Å². The van der Waals surface area contributed by atoms with Crippen molar-refractivity contribution in [1.29, 1.82) is 0 Å². The Bertz CT molecular complexity index is 830. The Morgan fingerprint density at radius 3 is 2.38 bits per heavy atom. The maximum atomic E-state index is 12.9. The van der Waals surface area contributed by atoms with E-state index in [0.29, 0.717) is 16.9 Å². The SMILES string of the molecule is CCOC(=O)c1ncc(-c2ccc(C(F)(F)F)cc2)c(NC2CCCCCC2)n1. The Labute approximate surface area is 167 Å². The van der Waals surface area contributed by atoms with E-state index in [1.54, 1.807) is 6.92 Å². The van der Waals surface area contributed by atoms with Crippen molar-refractivity contribution in [2.75, 3.05) is 11.9 Å². The molecule has 8 heteroatoms. The first-order valence-electron chi connectivity index (χ1n) is 9.87.